The summed E-state index contributed by atoms with van der Waals surface area (Å²) in [6, 6.07) is 0. The first-order valence-electron chi connectivity index (χ1n) is 6.86. The first kappa shape index (κ1) is 19.9. The Bertz CT molecular complexity index is 402. The summed E-state index contributed by atoms with van der Waals surface area (Å²) in [4.78, 5) is 32.0. The van der Waals surface area contributed by atoms with E-state index in [0.717, 1.165) is 12.2 Å². The summed E-state index contributed by atoms with van der Waals surface area (Å²) in [6.07, 6.45) is 2.23. The maximum atomic E-state index is 10.7. The quantitative estimate of drug-likeness (QED) is 0.301. The molecule has 0 spiro atoms. The summed E-state index contributed by atoms with van der Waals surface area (Å²) in [7, 11) is 0. The van der Waals surface area contributed by atoms with Gasteiger partial charge >= 0.3 is 17.9 Å². The summed E-state index contributed by atoms with van der Waals surface area (Å²) < 4.78 is 18.7. The molecule has 1 fully saturated rings. The molecule has 1 unspecified atom stereocenters. The normalized spacial score (nSPS) is 15.3. The van der Waals surface area contributed by atoms with Gasteiger partial charge in [0, 0.05) is 17.7 Å². The van der Waals surface area contributed by atoms with Crippen LogP contribution in [0.15, 0.2) is 24.3 Å². The SMILES string of the molecule is C=C(C)C(=O)OCC1CO1.CCOC(=O)/C=C\C(=O)OCC. The van der Waals surface area contributed by atoms with Crippen LogP contribution in [-0.2, 0) is 33.3 Å². The van der Waals surface area contributed by atoms with E-state index < -0.39 is 11.9 Å². The van der Waals surface area contributed by atoms with Crippen molar-refractivity contribution in [2.75, 3.05) is 26.4 Å². The van der Waals surface area contributed by atoms with E-state index in [4.69, 9.17) is 9.47 Å². The molecule has 0 N–H and O–H groups in total. The van der Waals surface area contributed by atoms with E-state index >= 15 is 0 Å². The average Bonchev–Trinajstić information content (AvgIpc) is 3.28. The van der Waals surface area contributed by atoms with Gasteiger partial charge in [-0.25, -0.2) is 14.4 Å². The zero-order valence-electron chi connectivity index (χ0n) is 13.1. The fraction of sp³-hybridized carbons (Fsp3) is 0.533. The Morgan fingerprint density at radius 3 is 1.86 bits per heavy atom. The standard InChI is InChI=1S/C8H12O4.C7H10O3/c1-3-11-7(9)5-6-8(10)12-4-2;1-5(2)7(8)10-4-6-3-9-6/h5-6H,3-4H2,1-2H3;6H,1,3-4H2,2H3/b6-5-;. The van der Waals surface area contributed by atoms with Crippen LogP contribution in [-0.4, -0.2) is 50.4 Å². The van der Waals surface area contributed by atoms with Crippen molar-refractivity contribution >= 4 is 17.9 Å². The van der Waals surface area contributed by atoms with Gasteiger partial charge in [-0.2, -0.15) is 0 Å². The molecule has 0 aromatic rings. The van der Waals surface area contributed by atoms with E-state index in [1.165, 1.54) is 0 Å². The molecule has 7 heteroatoms. The first-order valence-corrected chi connectivity index (χ1v) is 6.86. The largest absolute Gasteiger partial charge is 0.463 e. The fourth-order valence-electron chi connectivity index (χ4n) is 0.973. The van der Waals surface area contributed by atoms with Crippen molar-refractivity contribution in [3.8, 4) is 0 Å². The molecule has 0 aliphatic carbocycles. The fourth-order valence-corrected chi connectivity index (χ4v) is 0.973. The minimum absolute atomic E-state index is 0.142. The Labute approximate surface area is 129 Å². The van der Waals surface area contributed by atoms with E-state index in [9.17, 15) is 14.4 Å². The highest BCUT2D eigenvalue weighted by Gasteiger charge is 2.24. The second-order valence-corrected chi connectivity index (χ2v) is 4.17. The molecule has 0 bridgehead atoms. The van der Waals surface area contributed by atoms with E-state index in [1.807, 2.05) is 0 Å². The van der Waals surface area contributed by atoms with Gasteiger partial charge in [0.2, 0.25) is 0 Å². The number of ether oxygens (including phenoxy) is 4. The number of carbonyl (C=O) groups is 3. The van der Waals surface area contributed by atoms with Crippen LogP contribution in [0.1, 0.15) is 20.8 Å². The van der Waals surface area contributed by atoms with Crippen molar-refractivity contribution in [2.45, 2.75) is 26.9 Å². The third-order valence-corrected chi connectivity index (χ3v) is 2.08. The van der Waals surface area contributed by atoms with Crippen LogP contribution in [0.25, 0.3) is 0 Å². The third-order valence-electron chi connectivity index (χ3n) is 2.08. The van der Waals surface area contributed by atoms with E-state index in [-0.39, 0.29) is 12.1 Å². The van der Waals surface area contributed by atoms with Gasteiger partial charge in [-0.05, 0) is 20.8 Å². The molecule has 0 saturated carbocycles. The Hall–Kier alpha value is -2.15. The van der Waals surface area contributed by atoms with Gasteiger partial charge in [0.15, 0.2) is 0 Å². The summed E-state index contributed by atoms with van der Waals surface area (Å²) in [6.45, 7) is 10.1. The predicted octanol–water partition coefficient (Wildman–Crippen LogP) is 1.17. The molecular weight excluding hydrogens is 292 g/mol. The summed E-state index contributed by atoms with van der Waals surface area (Å²) >= 11 is 0. The Morgan fingerprint density at radius 2 is 1.55 bits per heavy atom. The van der Waals surface area contributed by atoms with Gasteiger partial charge in [0.1, 0.15) is 12.7 Å². The Morgan fingerprint density at radius 1 is 1.09 bits per heavy atom. The number of esters is 3. The molecule has 0 amide bonds. The van der Waals surface area contributed by atoms with Crippen LogP contribution in [0.5, 0.6) is 0 Å². The minimum Gasteiger partial charge on any atom is -0.463 e. The summed E-state index contributed by atoms with van der Waals surface area (Å²) in [5.41, 5.74) is 0.431. The molecule has 0 aromatic carbocycles. The monoisotopic (exact) mass is 314 g/mol. The zero-order valence-corrected chi connectivity index (χ0v) is 13.1. The second kappa shape index (κ2) is 11.5. The van der Waals surface area contributed by atoms with Crippen LogP contribution >= 0.6 is 0 Å². The molecule has 22 heavy (non-hydrogen) atoms. The van der Waals surface area contributed by atoms with Crippen molar-refractivity contribution in [2.24, 2.45) is 0 Å². The van der Waals surface area contributed by atoms with Crippen molar-refractivity contribution < 1.29 is 33.3 Å². The lowest BCUT2D eigenvalue weighted by Gasteiger charge is -1.99. The maximum Gasteiger partial charge on any atom is 0.333 e. The Balaban J connectivity index is 0.000000406. The molecule has 1 atom stereocenters. The lowest BCUT2D eigenvalue weighted by atomic mass is 10.4. The van der Waals surface area contributed by atoms with Crippen LogP contribution in [0, 0.1) is 0 Å². The number of rotatable bonds is 7. The van der Waals surface area contributed by atoms with Gasteiger partial charge in [-0.15, -0.1) is 0 Å². The maximum absolute atomic E-state index is 10.7. The molecule has 0 radical (unpaired) electrons. The molecule has 1 saturated heterocycles. The zero-order chi connectivity index (χ0) is 17.0. The highest BCUT2D eigenvalue weighted by Crippen LogP contribution is 2.09. The topological polar surface area (TPSA) is 91.4 Å². The van der Waals surface area contributed by atoms with E-state index in [0.29, 0.717) is 32.0 Å². The number of hydrogen-bond donors (Lipinski definition) is 0. The first-order chi connectivity index (χ1) is 10.4. The summed E-state index contributed by atoms with van der Waals surface area (Å²) in [5, 5.41) is 0. The molecule has 1 aliphatic rings. The molecule has 0 aromatic heterocycles. The molecule has 124 valence electrons. The molecule has 7 nitrogen and oxygen atoms in total. The highest BCUT2D eigenvalue weighted by atomic mass is 16.6. The molecule has 1 rings (SSSR count). The summed E-state index contributed by atoms with van der Waals surface area (Å²) in [5.74, 6) is -1.41. The van der Waals surface area contributed by atoms with Crippen LogP contribution in [0.2, 0.25) is 0 Å². The lowest BCUT2D eigenvalue weighted by Crippen LogP contribution is -2.09. The highest BCUT2D eigenvalue weighted by molar-refractivity contribution is 5.91. The Kier molecular flexibility index (Phi) is 10.4. The van der Waals surface area contributed by atoms with Crippen molar-refractivity contribution in [1.29, 1.82) is 0 Å². The van der Waals surface area contributed by atoms with Gasteiger partial charge in [-0.3, -0.25) is 0 Å². The smallest absolute Gasteiger partial charge is 0.333 e. The van der Waals surface area contributed by atoms with E-state index in [1.54, 1.807) is 20.8 Å². The average molecular weight is 314 g/mol. The molecule has 1 heterocycles. The molecule has 1 aliphatic heterocycles. The van der Waals surface area contributed by atoms with Crippen molar-refractivity contribution in [3.63, 3.8) is 0 Å². The number of epoxide rings is 1. The van der Waals surface area contributed by atoms with Crippen LogP contribution in [0.3, 0.4) is 0 Å². The number of carbonyl (C=O) groups excluding carboxylic acids is 3. The van der Waals surface area contributed by atoms with Crippen molar-refractivity contribution in [1.82, 2.24) is 0 Å². The van der Waals surface area contributed by atoms with E-state index in [2.05, 4.69) is 16.1 Å². The van der Waals surface area contributed by atoms with Gasteiger partial charge in [0.25, 0.3) is 0 Å². The predicted molar refractivity (Wildman–Crippen MR) is 77.9 cm³/mol. The molecular formula is C15H22O7. The minimum atomic E-state index is -0.537. The van der Waals surface area contributed by atoms with Crippen LogP contribution < -0.4 is 0 Å². The third kappa shape index (κ3) is 11.7. The lowest BCUT2D eigenvalue weighted by molar-refractivity contribution is -0.140. The van der Waals surface area contributed by atoms with Crippen molar-refractivity contribution in [3.05, 3.63) is 24.3 Å². The van der Waals surface area contributed by atoms with Gasteiger partial charge in [-0.1, -0.05) is 6.58 Å². The van der Waals surface area contributed by atoms with Crippen LogP contribution in [0.4, 0.5) is 0 Å². The van der Waals surface area contributed by atoms with Gasteiger partial charge in [0.05, 0.1) is 19.8 Å². The second-order valence-electron chi connectivity index (χ2n) is 4.17. The number of hydrogen-bond acceptors (Lipinski definition) is 7. The van der Waals surface area contributed by atoms with Gasteiger partial charge < -0.3 is 18.9 Å².